The first-order valence-corrected chi connectivity index (χ1v) is 13.6. The quantitative estimate of drug-likeness (QED) is 0.193. The largest absolute Gasteiger partial charge is 0.478 e. The fourth-order valence-corrected chi connectivity index (χ4v) is 5.36. The minimum Gasteiger partial charge on any atom is -0.478 e. The smallest absolute Gasteiger partial charge is 0.335 e. The van der Waals surface area contributed by atoms with Gasteiger partial charge in [-0.15, -0.1) is 5.10 Å². The SMILES string of the molecule is CC1=c2c([nH]n(-c3ccc(C(=O)O)cc3)c2=O)=NC(O)C1/C=C/C=c1/c(C)c2c([nH]c1=O)=NN(c1ccc(C(=O)O)cc1)C2=O. The summed E-state index contributed by atoms with van der Waals surface area (Å²) in [4.78, 5) is 68.7. The van der Waals surface area contributed by atoms with E-state index >= 15 is 0 Å². The number of nitrogens with zero attached hydrogens (tertiary/aromatic N) is 4. The number of aliphatic hydroxyl groups excluding tert-OH is 1. The van der Waals surface area contributed by atoms with Gasteiger partial charge in [-0.2, -0.15) is 5.01 Å². The van der Waals surface area contributed by atoms with Crippen molar-refractivity contribution >= 4 is 35.2 Å². The number of aromatic carboxylic acids is 2. The number of nitrogens with one attached hydrogen (secondary N) is 2. The van der Waals surface area contributed by atoms with Gasteiger partial charge in [-0.3, -0.25) is 19.5 Å². The Bertz CT molecular complexity index is 2330. The molecule has 14 nitrogen and oxygen atoms in total. The first-order valence-electron chi connectivity index (χ1n) is 13.6. The monoisotopic (exact) mass is 608 g/mol. The van der Waals surface area contributed by atoms with E-state index in [2.05, 4.69) is 20.2 Å². The number of benzene rings is 2. The third kappa shape index (κ3) is 4.88. The fraction of sp³-hybridized carbons (Fsp3) is 0.129. The molecule has 6 rings (SSSR count). The van der Waals surface area contributed by atoms with Crippen LogP contribution in [0, 0.1) is 12.8 Å². The highest BCUT2D eigenvalue weighted by Crippen LogP contribution is 2.21. The predicted molar refractivity (Wildman–Crippen MR) is 159 cm³/mol. The molecule has 2 aromatic carbocycles. The van der Waals surface area contributed by atoms with Crippen LogP contribution in [-0.4, -0.2) is 54.2 Å². The highest BCUT2D eigenvalue weighted by molar-refractivity contribution is 6.08. The molecule has 45 heavy (non-hydrogen) atoms. The van der Waals surface area contributed by atoms with E-state index in [4.69, 9.17) is 10.2 Å². The zero-order valence-electron chi connectivity index (χ0n) is 23.7. The lowest BCUT2D eigenvalue weighted by Crippen LogP contribution is -2.43. The number of allylic oxidation sites excluding steroid dienone is 1. The Morgan fingerprint density at radius 2 is 1.49 bits per heavy atom. The van der Waals surface area contributed by atoms with Gasteiger partial charge in [0.25, 0.3) is 17.0 Å². The average molecular weight is 609 g/mol. The van der Waals surface area contributed by atoms with Crippen molar-refractivity contribution in [2.75, 3.05) is 5.01 Å². The number of carboxylic acids is 2. The zero-order valence-corrected chi connectivity index (χ0v) is 23.7. The van der Waals surface area contributed by atoms with Crippen LogP contribution in [0.15, 0.2) is 80.4 Å². The molecule has 0 saturated heterocycles. The molecule has 2 aliphatic heterocycles. The molecule has 4 heterocycles. The number of rotatable bonds is 6. The molecule has 5 N–H and O–H groups in total. The predicted octanol–water partition coefficient (Wildman–Crippen LogP) is -0.471. The molecule has 1 amide bonds. The van der Waals surface area contributed by atoms with Gasteiger partial charge < -0.3 is 20.3 Å². The van der Waals surface area contributed by atoms with Crippen LogP contribution in [0.4, 0.5) is 5.69 Å². The highest BCUT2D eigenvalue weighted by atomic mass is 16.4. The second kappa shape index (κ2) is 10.8. The summed E-state index contributed by atoms with van der Waals surface area (Å²) in [6.07, 6.45) is 3.38. The molecule has 0 aliphatic carbocycles. The van der Waals surface area contributed by atoms with E-state index in [9.17, 15) is 29.1 Å². The van der Waals surface area contributed by atoms with Crippen LogP contribution in [0.1, 0.15) is 43.6 Å². The number of H-pyrrole nitrogens is 2. The van der Waals surface area contributed by atoms with Crippen LogP contribution >= 0.6 is 0 Å². The first-order chi connectivity index (χ1) is 21.5. The van der Waals surface area contributed by atoms with Gasteiger partial charge in [-0.05, 0) is 79.6 Å². The van der Waals surface area contributed by atoms with Crippen molar-refractivity contribution in [3.8, 4) is 5.69 Å². The third-order valence-corrected chi connectivity index (χ3v) is 7.76. The molecule has 0 spiro atoms. The minimum atomic E-state index is -1.25. The number of carbonyl (C=O) groups excluding carboxylic acids is 1. The van der Waals surface area contributed by atoms with Crippen LogP contribution in [-0.2, 0) is 0 Å². The number of amides is 1. The topological polar surface area (TPSA) is 211 Å². The average Bonchev–Trinajstić information content (AvgIpc) is 3.52. The number of pyridine rings is 1. The van der Waals surface area contributed by atoms with E-state index < -0.39 is 41.1 Å². The molecule has 2 atom stereocenters. The Morgan fingerprint density at radius 1 is 0.889 bits per heavy atom. The number of aliphatic hydroxyl groups is 1. The van der Waals surface area contributed by atoms with Gasteiger partial charge in [0.05, 0.1) is 33.3 Å². The van der Waals surface area contributed by atoms with E-state index in [0.29, 0.717) is 22.5 Å². The Morgan fingerprint density at radius 3 is 2.09 bits per heavy atom. The molecule has 226 valence electrons. The Kier molecular flexibility index (Phi) is 6.97. The van der Waals surface area contributed by atoms with Crippen LogP contribution in [0.2, 0.25) is 0 Å². The van der Waals surface area contributed by atoms with Gasteiger partial charge in [0.15, 0.2) is 17.2 Å². The van der Waals surface area contributed by atoms with E-state index in [-0.39, 0.29) is 38.1 Å². The molecule has 0 fully saturated rings. The summed E-state index contributed by atoms with van der Waals surface area (Å²) in [5.41, 5.74) is 1.22. The van der Waals surface area contributed by atoms with Crippen molar-refractivity contribution in [2.24, 2.45) is 16.0 Å². The number of hydrogen-bond acceptors (Lipinski definition) is 8. The number of fused-ring (bicyclic) bond motifs is 2. The maximum Gasteiger partial charge on any atom is 0.335 e. The van der Waals surface area contributed by atoms with Crippen molar-refractivity contribution in [2.45, 2.75) is 20.1 Å². The molecule has 2 unspecified atom stereocenters. The Balaban J connectivity index is 1.32. The number of carbonyl (C=O) groups is 3. The Labute approximate surface area is 251 Å². The number of carboxylic acid groups (broad SMARTS) is 2. The van der Waals surface area contributed by atoms with Crippen LogP contribution < -0.4 is 37.5 Å². The molecule has 0 radical (unpaired) electrons. The summed E-state index contributed by atoms with van der Waals surface area (Å²) in [6, 6.07) is 11.3. The van der Waals surface area contributed by atoms with Crippen LogP contribution in [0.5, 0.6) is 0 Å². The van der Waals surface area contributed by atoms with Gasteiger partial charge >= 0.3 is 11.9 Å². The lowest BCUT2D eigenvalue weighted by molar-refractivity contribution is 0.0686. The Hall–Kier alpha value is -6.15. The molecule has 0 bridgehead atoms. The second-order valence-corrected chi connectivity index (χ2v) is 10.4. The second-order valence-electron chi connectivity index (χ2n) is 10.4. The maximum absolute atomic E-state index is 13.3. The lowest BCUT2D eigenvalue weighted by atomic mass is 9.95. The number of anilines is 1. The molecular formula is C31H24N6O8. The number of hydrogen-bond donors (Lipinski definition) is 5. The number of aromatic nitrogens is 3. The third-order valence-electron chi connectivity index (χ3n) is 7.76. The molecular weight excluding hydrogens is 584 g/mol. The van der Waals surface area contributed by atoms with Gasteiger partial charge in [-0.1, -0.05) is 12.2 Å². The maximum atomic E-state index is 13.3. The molecule has 2 aliphatic rings. The van der Waals surface area contributed by atoms with Crippen molar-refractivity contribution in [3.63, 3.8) is 0 Å². The van der Waals surface area contributed by atoms with Crippen LogP contribution in [0.3, 0.4) is 0 Å². The summed E-state index contributed by atoms with van der Waals surface area (Å²) in [5, 5.41) is 37.7. The van der Waals surface area contributed by atoms with Gasteiger partial charge in [0.2, 0.25) is 0 Å². The standard InChI is InChI=1S/C31H24N6O8/c1-14-20(26(38)32-24-22(14)28(40)36(34-24)18-10-6-16(7-11-18)30(42)43)4-3-5-21-15(2)23-25(33-27(21)39)35-37(29(23)41)19-12-8-17(9-13-19)31(44)45/h3-13,20,26,38H,1-2H3,(H,32,34)(H,42,43)(H,44,45)(H,33,35,39)/b4-3+,21-5-. The summed E-state index contributed by atoms with van der Waals surface area (Å²) in [6.45, 7) is 3.29. The van der Waals surface area contributed by atoms with E-state index in [0.717, 1.165) is 5.01 Å². The molecule has 0 saturated carbocycles. The summed E-state index contributed by atoms with van der Waals surface area (Å²) in [5.74, 6) is -3.42. The van der Waals surface area contributed by atoms with Crippen molar-refractivity contribution in [1.29, 1.82) is 0 Å². The van der Waals surface area contributed by atoms with Crippen molar-refractivity contribution < 1.29 is 29.7 Å². The van der Waals surface area contributed by atoms with E-state index in [1.807, 2.05) is 0 Å². The van der Waals surface area contributed by atoms with Gasteiger partial charge in [-0.25, -0.2) is 19.3 Å². The molecule has 2 aromatic heterocycles. The van der Waals surface area contributed by atoms with Gasteiger partial charge in [0.1, 0.15) is 0 Å². The normalized spacial score (nSPS) is 17.7. The number of aromatic amines is 2. The highest BCUT2D eigenvalue weighted by Gasteiger charge is 2.29. The molecule has 14 heteroatoms. The summed E-state index contributed by atoms with van der Waals surface area (Å²) < 4.78 is 1.22. The van der Waals surface area contributed by atoms with E-state index in [1.54, 1.807) is 19.9 Å². The van der Waals surface area contributed by atoms with E-state index in [1.165, 1.54) is 65.4 Å². The minimum absolute atomic E-state index is 0.0465. The van der Waals surface area contributed by atoms with Crippen molar-refractivity contribution in [1.82, 2.24) is 14.8 Å². The summed E-state index contributed by atoms with van der Waals surface area (Å²) >= 11 is 0. The fourth-order valence-electron chi connectivity index (χ4n) is 5.36. The lowest BCUT2D eigenvalue weighted by Gasteiger charge is -2.19. The van der Waals surface area contributed by atoms with Crippen LogP contribution in [0.25, 0.3) is 17.3 Å². The summed E-state index contributed by atoms with van der Waals surface area (Å²) in [7, 11) is 0. The van der Waals surface area contributed by atoms with Gasteiger partial charge in [0, 0.05) is 11.1 Å². The molecule has 4 aromatic rings. The zero-order chi connectivity index (χ0) is 32.2. The van der Waals surface area contributed by atoms with Crippen molar-refractivity contribution in [3.05, 3.63) is 125 Å². The first kappa shape index (κ1) is 28.9.